The van der Waals surface area contributed by atoms with Gasteiger partial charge in [0, 0.05) is 38.3 Å². The zero-order valence-corrected chi connectivity index (χ0v) is 18.2. The topological polar surface area (TPSA) is 58.6 Å². The average Bonchev–Trinajstić information content (AvgIpc) is 3.17. The zero-order valence-electron chi connectivity index (χ0n) is 17.4. The fourth-order valence-corrected chi connectivity index (χ4v) is 4.14. The molecular weight excluding hydrogens is 396 g/mol. The molecule has 0 unspecified atom stereocenters. The molecule has 0 bridgehead atoms. The smallest absolute Gasteiger partial charge is 0.253 e. The van der Waals surface area contributed by atoms with Crippen molar-refractivity contribution in [3.8, 4) is 5.75 Å². The van der Waals surface area contributed by atoms with Crippen molar-refractivity contribution in [2.75, 3.05) is 26.2 Å². The van der Waals surface area contributed by atoms with E-state index in [0.717, 1.165) is 49.9 Å². The summed E-state index contributed by atoms with van der Waals surface area (Å²) in [6.07, 6.45) is 0. The second kappa shape index (κ2) is 9.36. The number of piperazine rings is 1. The molecule has 0 atom stereocenters. The predicted molar refractivity (Wildman–Crippen MR) is 118 cm³/mol. The van der Waals surface area contributed by atoms with Gasteiger partial charge >= 0.3 is 0 Å². The molecule has 3 aromatic rings. The Kier molecular flexibility index (Phi) is 6.40. The number of hydrogen-bond donors (Lipinski definition) is 0. The Balaban J connectivity index is 1.28. The molecule has 0 N–H and O–H groups in total. The molecule has 0 radical (unpaired) electrons. The lowest BCUT2D eigenvalue weighted by molar-refractivity contribution is 0.0628. The standard InChI is InChI=1S/C23H26N4O2S/c1-17-4-3-5-19(14-17)15-26-10-12-27(13-11-26)23(28)20-6-8-21(9-7-20)29-16-22-18(2)24-30-25-22/h3-9,14H,10-13,15-16H2,1-2H3. The number of ether oxygens (including phenoxy) is 1. The molecule has 1 aliphatic rings. The second-order valence-corrected chi connectivity index (χ2v) is 8.20. The molecule has 7 heteroatoms. The van der Waals surface area contributed by atoms with Gasteiger partial charge in [-0.1, -0.05) is 29.8 Å². The minimum Gasteiger partial charge on any atom is -0.487 e. The molecule has 1 fully saturated rings. The molecule has 1 amide bonds. The highest BCUT2D eigenvalue weighted by atomic mass is 32.1. The third-order valence-electron chi connectivity index (χ3n) is 5.37. The van der Waals surface area contributed by atoms with E-state index < -0.39 is 0 Å². The van der Waals surface area contributed by atoms with Crippen LogP contribution in [0.1, 0.15) is 32.9 Å². The summed E-state index contributed by atoms with van der Waals surface area (Å²) in [5.41, 5.74) is 5.05. The Hall–Kier alpha value is -2.77. The van der Waals surface area contributed by atoms with Gasteiger partial charge in [0.25, 0.3) is 5.91 Å². The van der Waals surface area contributed by atoms with Gasteiger partial charge in [0.05, 0.1) is 17.4 Å². The van der Waals surface area contributed by atoms with E-state index in [4.69, 9.17) is 4.74 Å². The van der Waals surface area contributed by atoms with Gasteiger partial charge in [-0.15, -0.1) is 0 Å². The minimum atomic E-state index is 0.0799. The highest BCUT2D eigenvalue weighted by Gasteiger charge is 2.22. The van der Waals surface area contributed by atoms with Gasteiger partial charge in [-0.3, -0.25) is 9.69 Å². The van der Waals surface area contributed by atoms with Crippen LogP contribution in [-0.2, 0) is 13.2 Å². The molecule has 0 saturated carbocycles. The van der Waals surface area contributed by atoms with Crippen molar-refractivity contribution in [2.45, 2.75) is 27.0 Å². The molecule has 1 saturated heterocycles. The summed E-state index contributed by atoms with van der Waals surface area (Å²) in [5, 5.41) is 0. The second-order valence-electron chi connectivity index (χ2n) is 7.67. The number of carbonyl (C=O) groups is 1. The van der Waals surface area contributed by atoms with E-state index in [9.17, 15) is 4.79 Å². The average molecular weight is 423 g/mol. The van der Waals surface area contributed by atoms with Crippen molar-refractivity contribution in [3.05, 3.63) is 76.6 Å². The number of aryl methyl sites for hydroxylation is 2. The Bertz CT molecular complexity index is 994. The first-order chi connectivity index (χ1) is 14.6. The van der Waals surface area contributed by atoms with Crippen LogP contribution in [0.15, 0.2) is 48.5 Å². The van der Waals surface area contributed by atoms with Crippen LogP contribution in [0.3, 0.4) is 0 Å². The van der Waals surface area contributed by atoms with Crippen molar-refractivity contribution in [1.82, 2.24) is 18.5 Å². The zero-order chi connectivity index (χ0) is 20.9. The van der Waals surface area contributed by atoms with Gasteiger partial charge in [-0.2, -0.15) is 8.75 Å². The summed E-state index contributed by atoms with van der Waals surface area (Å²) in [7, 11) is 0. The summed E-state index contributed by atoms with van der Waals surface area (Å²) in [4.78, 5) is 17.2. The third kappa shape index (κ3) is 5.04. The largest absolute Gasteiger partial charge is 0.487 e. The molecule has 30 heavy (non-hydrogen) atoms. The summed E-state index contributed by atoms with van der Waals surface area (Å²) in [6.45, 7) is 8.64. The van der Waals surface area contributed by atoms with Crippen molar-refractivity contribution in [1.29, 1.82) is 0 Å². The van der Waals surface area contributed by atoms with Crippen LogP contribution in [0, 0.1) is 13.8 Å². The third-order valence-corrected chi connectivity index (χ3v) is 6.03. The van der Waals surface area contributed by atoms with E-state index in [0.29, 0.717) is 12.2 Å². The number of benzene rings is 2. The SMILES string of the molecule is Cc1cccc(CN2CCN(C(=O)c3ccc(OCc4nsnc4C)cc3)CC2)c1. The quantitative estimate of drug-likeness (QED) is 0.606. The number of hydrogen-bond acceptors (Lipinski definition) is 6. The van der Waals surface area contributed by atoms with Crippen LogP contribution in [-0.4, -0.2) is 50.6 Å². The molecule has 2 aromatic carbocycles. The van der Waals surface area contributed by atoms with Crippen LogP contribution in [0.4, 0.5) is 0 Å². The molecular formula is C23H26N4O2S. The maximum Gasteiger partial charge on any atom is 0.253 e. The first-order valence-electron chi connectivity index (χ1n) is 10.2. The molecule has 156 valence electrons. The number of aromatic nitrogens is 2. The van der Waals surface area contributed by atoms with Crippen molar-refractivity contribution in [2.24, 2.45) is 0 Å². The molecule has 6 nitrogen and oxygen atoms in total. The highest BCUT2D eigenvalue weighted by molar-refractivity contribution is 6.99. The van der Waals surface area contributed by atoms with Gasteiger partial charge in [-0.25, -0.2) is 0 Å². The van der Waals surface area contributed by atoms with Crippen molar-refractivity contribution < 1.29 is 9.53 Å². The first kappa shape index (κ1) is 20.5. The van der Waals surface area contributed by atoms with Gasteiger partial charge < -0.3 is 9.64 Å². The van der Waals surface area contributed by atoms with Gasteiger partial charge in [-0.05, 0) is 43.7 Å². The van der Waals surface area contributed by atoms with E-state index in [1.807, 2.05) is 36.1 Å². The van der Waals surface area contributed by atoms with Gasteiger partial charge in [0.2, 0.25) is 0 Å². The van der Waals surface area contributed by atoms with E-state index in [-0.39, 0.29) is 5.91 Å². The number of nitrogens with zero attached hydrogens (tertiary/aromatic N) is 4. The van der Waals surface area contributed by atoms with E-state index in [1.54, 1.807) is 0 Å². The number of rotatable bonds is 6. The fraction of sp³-hybridized carbons (Fsp3) is 0.348. The van der Waals surface area contributed by atoms with Crippen LogP contribution in [0.2, 0.25) is 0 Å². The number of carbonyl (C=O) groups excluding carboxylic acids is 1. The van der Waals surface area contributed by atoms with E-state index in [2.05, 4.69) is 44.8 Å². The Morgan fingerprint density at radius 2 is 1.80 bits per heavy atom. The highest BCUT2D eigenvalue weighted by Crippen LogP contribution is 2.17. The van der Waals surface area contributed by atoms with E-state index >= 15 is 0 Å². The summed E-state index contributed by atoms with van der Waals surface area (Å²) in [5.74, 6) is 0.804. The summed E-state index contributed by atoms with van der Waals surface area (Å²) < 4.78 is 14.1. The normalized spacial score (nSPS) is 14.7. The summed E-state index contributed by atoms with van der Waals surface area (Å²) in [6, 6.07) is 16.0. The molecule has 0 aliphatic carbocycles. The van der Waals surface area contributed by atoms with E-state index in [1.165, 1.54) is 22.9 Å². The lowest BCUT2D eigenvalue weighted by Gasteiger charge is -2.34. The molecule has 1 aliphatic heterocycles. The lowest BCUT2D eigenvalue weighted by atomic mass is 10.1. The Morgan fingerprint density at radius 3 is 2.47 bits per heavy atom. The molecule has 1 aromatic heterocycles. The molecule has 0 spiro atoms. The monoisotopic (exact) mass is 422 g/mol. The van der Waals surface area contributed by atoms with Crippen LogP contribution >= 0.6 is 11.7 Å². The first-order valence-corrected chi connectivity index (χ1v) is 10.9. The maximum absolute atomic E-state index is 12.9. The van der Waals surface area contributed by atoms with Crippen LogP contribution in [0.5, 0.6) is 5.75 Å². The van der Waals surface area contributed by atoms with Crippen LogP contribution in [0.25, 0.3) is 0 Å². The molecule has 2 heterocycles. The minimum absolute atomic E-state index is 0.0799. The summed E-state index contributed by atoms with van der Waals surface area (Å²) >= 11 is 1.19. The van der Waals surface area contributed by atoms with Crippen molar-refractivity contribution >= 4 is 17.6 Å². The predicted octanol–water partition coefficient (Wildman–Crippen LogP) is 3.69. The van der Waals surface area contributed by atoms with Crippen molar-refractivity contribution in [3.63, 3.8) is 0 Å². The Labute approximate surface area is 181 Å². The van der Waals surface area contributed by atoms with Crippen LogP contribution < -0.4 is 4.74 Å². The van der Waals surface area contributed by atoms with Gasteiger partial charge in [0.1, 0.15) is 18.1 Å². The molecule has 4 rings (SSSR count). The van der Waals surface area contributed by atoms with Gasteiger partial charge in [0.15, 0.2) is 0 Å². The number of amides is 1. The maximum atomic E-state index is 12.9. The fourth-order valence-electron chi connectivity index (χ4n) is 3.59. The lowest BCUT2D eigenvalue weighted by Crippen LogP contribution is -2.48. The Morgan fingerprint density at radius 1 is 1.03 bits per heavy atom.